The summed E-state index contributed by atoms with van der Waals surface area (Å²) in [5.74, 6) is -0.270. The lowest BCUT2D eigenvalue weighted by molar-refractivity contribution is -0.116. The second kappa shape index (κ2) is 9.02. The van der Waals surface area contributed by atoms with Crippen LogP contribution in [0.15, 0.2) is 29.3 Å². The SMILES string of the molecule is CC(=NC(C)CC(C)C)C(C=N)C(=O)Nc1ccc(I)cc1. The maximum absolute atomic E-state index is 12.3. The average Bonchev–Trinajstić information content (AvgIpc) is 2.41. The third-order valence-electron chi connectivity index (χ3n) is 3.25. The van der Waals surface area contributed by atoms with Crippen LogP contribution in [0.4, 0.5) is 5.69 Å². The first kappa shape index (κ1) is 18.8. The van der Waals surface area contributed by atoms with Crippen LogP contribution in [0.1, 0.15) is 34.1 Å². The van der Waals surface area contributed by atoms with Gasteiger partial charge in [0.05, 0.1) is 0 Å². The molecule has 1 rings (SSSR count). The second-order valence-corrected chi connectivity index (χ2v) is 7.14. The molecule has 1 aromatic carbocycles. The minimum Gasteiger partial charge on any atom is -0.325 e. The Morgan fingerprint density at radius 1 is 1.32 bits per heavy atom. The van der Waals surface area contributed by atoms with E-state index >= 15 is 0 Å². The number of carbonyl (C=O) groups excluding carboxylic acids is 1. The molecule has 0 spiro atoms. The molecule has 4 nitrogen and oxygen atoms in total. The summed E-state index contributed by atoms with van der Waals surface area (Å²) >= 11 is 2.22. The maximum atomic E-state index is 12.3. The van der Waals surface area contributed by atoms with Crippen LogP contribution in [0.5, 0.6) is 0 Å². The van der Waals surface area contributed by atoms with Gasteiger partial charge >= 0.3 is 0 Å². The summed E-state index contributed by atoms with van der Waals surface area (Å²) < 4.78 is 1.11. The molecular formula is C17H24IN3O. The molecule has 0 aliphatic carbocycles. The number of carbonyl (C=O) groups is 1. The van der Waals surface area contributed by atoms with E-state index in [1.54, 1.807) is 0 Å². The molecule has 0 bridgehead atoms. The van der Waals surface area contributed by atoms with Crippen LogP contribution in [0.2, 0.25) is 0 Å². The highest BCUT2D eigenvalue weighted by molar-refractivity contribution is 14.1. The van der Waals surface area contributed by atoms with Gasteiger partial charge < -0.3 is 10.7 Å². The highest BCUT2D eigenvalue weighted by atomic mass is 127. The van der Waals surface area contributed by atoms with Gasteiger partial charge in [-0.25, -0.2) is 0 Å². The fourth-order valence-electron chi connectivity index (χ4n) is 2.30. The summed E-state index contributed by atoms with van der Waals surface area (Å²) in [6, 6.07) is 7.74. The van der Waals surface area contributed by atoms with E-state index in [0.717, 1.165) is 21.9 Å². The van der Waals surface area contributed by atoms with Crippen LogP contribution in [0.3, 0.4) is 0 Å². The van der Waals surface area contributed by atoms with Gasteiger partial charge in [-0.1, -0.05) is 13.8 Å². The number of nitrogens with zero attached hydrogens (tertiary/aromatic N) is 1. The van der Waals surface area contributed by atoms with E-state index in [9.17, 15) is 4.79 Å². The van der Waals surface area contributed by atoms with Crippen molar-refractivity contribution in [2.24, 2.45) is 16.8 Å². The minimum absolute atomic E-state index is 0.161. The van der Waals surface area contributed by atoms with Crippen molar-refractivity contribution in [3.63, 3.8) is 0 Å². The fraction of sp³-hybridized carbons (Fsp3) is 0.471. The van der Waals surface area contributed by atoms with Gasteiger partial charge in [-0.3, -0.25) is 9.79 Å². The van der Waals surface area contributed by atoms with E-state index in [1.807, 2.05) is 38.1 Å². The van der Waals surface area contributed by atoms with Crippen LogP contribution in [0.25, 0.3) is 0 Å². The number of aliphatic imine (C=N–C) groups is 1. The Bertz CT molecular complexity index is 537. The molecule has 0 saturated carbocycles. The highest BCUT2D eigenvalue weighted by Gasteiger charge is 2.20. The Balaban J connectivity index is 2.77. The summed E-state index contributed by atoms with van der Waals surface area (Å²) in [5, 5.41) is 10.4. The maximum Gasteiger partial charge on any atom is 0.238 e. The van der Waals surface area contributed by atoms with Crippen LogP contribution in [-0.4, -0.2) is 23.9 Å². The number of nitrogens with one attached hydrogen (secondary N) is 2. The molecule has 0 aliphatic rings. The van der Waals surface area contributed by atoms with Gasteiger partial charge in [0.15, 0.2) is 0 Å². The lowest BCUT2D eigenvalue weighted by Gasteiger charge is -2.15. The summed E-state index contributed by atoms with van der Waals surface area (Å²) in [5.41, 5.74) is 1.42. The third-order valence-corrected chi connectivity index (χ3v) is 3.97. The number of anilines is 1. The Morgan fingerprint density at radius 3 is 2.41 bits per heavy atom. The van der Waals surface area contributed by atoms with E-state index < -0.39 is 5.92 Å². The van der Waals surface area contributed by atoms with Crippen molar-refractivity contribution >= 4 is 46.1 Å². The quantitative estimate of drug-likeness (QED) is 0.505. The van der Waals surface area contributed by atoms with Crippen molar-refractivity contribution in [1.82, 2.24) is 0 Å². The standard InChI is InChI=1S/C17H24IN3O/c1-11(2)9-12(3)20-13(4)16(10-19)17(22)21-15-7-5-14(18)6-8-15/h5-8,10-12,16,19H,9H2,1-4H3,(H,21,22). The predicted octanol–water partition coefficient (Wildman–Crippen LogP) is 4.39. The smallest absolute Gasteiger partial charge is 0.238 e. The predicted molar refractivity (Wildman–Crippen MR) is 102 cm³/mol. The normalized spacial score (nSPS) is 14.5. The van der Waals surface area contributed by atoms with E-state index in [-0.39, 0.29) is 11.9 Å². The molecule has 1 aromatic rings. The van der Waals surface area contributed by atoms with Crippen LogP contribution >= 0.6 is 22.6 Å². The van der Waals surface area contributed by atoms with Gasteiger partial charge in [0.1, 0.15) is 5.92 Å². The van der Waals surface area contributed by atoms with Crippen molar-refractivity contribution in [2.45, 2.75) is 40.2 Å². The zero-order chi connectivity index (χ0) is 16.7. The Hall–Kier alpha value is -1.24. The summed E-state index contributed by atoms with van der Waals surface area (Å²) in [7, 11) is 0. The molecule has 0 saturated heterocycles. The largest absolute Gasteiger partial charge is 0.325 e. The number of benzene rings is 1. The van der Waals surface area contributed by atoms with Crippen molar-refractivity contribution in [1.29, 1.82) is 5.41 Å². The molecule has 0 aliphatic heterocycles. The average molecular weight is 413 g/mol. The molecule has 2 N–H and O–H groups in total. The van der Waals surface area contributed by atoms with Crippen LogP contribution in [-0.2, 0) is 4.79 Å². The first-order valence-corrected chi connectivity index (χ1v) is 8.52. The highest BCUT2D eigenvalue weighted by Crippen LogP contribution is 2.14. The first-order chi connectivity index (χ1) is 10.3. The van der Waals surface area contributed by atoms with Gasteiger partial charge in [0.2, 0.25) is 5.91 Å². The molecular weight excluding hydrogens is 389 g/mol. The lowest BCUT2D eigenvalue weighted by atomic mass is 10.0. The summed E-state index contributed by atoms with van der Waals surface area (Å²) in [6.07, 6.45) is 2.13. The molecule has 0 radical (unpaired) electrons. The zero-order valence-electron chi connectivity index (χ0n) is 13.6. The zero-order valence-corrected chi connectivity index (χ0v) is 15.7. The Kier molecular flexibility index (Phi) is 7.72. The van der Waals surface area contributed by atoms with Gasteiger partial charge in [0, 0.05) is 27.2 Å². The second-order valence-electron chi connectivity index (χ2n) is 5.89. The van der Waals surface area contributed by atoms with E-state index in [1.165, 1.54) is 0 Å². The van der Waals surface area contributed by atoms with Gasteiger partial charge in [0.25, 0.3) is 0 Å². The Morgan fingerprint density at radius 2 is 1.91 bits per heavy atom. The number of rotatable bonds is 7. The first-order valence-electron chi connectivity index (χ1n) is 7.44. The number of hydrogen-bond acceptors (Lipinski definition) is 3. The number of amides is 1. The number of hydrogen-bond donors (Lipinski definition) is 2. The van der Waals surface area contributed by atoms with Crippen molar-refractivity contribution in [3.8, 4) is 0 Å². The van der Waals surface area contributed by atoms with Gasteiger partial charge in [-0.15, -0.1) is 0 Å². The van der Waals surface area contributed by atoms with Crippen LogP contribution < -0.4 is 5.32 Å². The van der Waals surface area contributed by atoms with E-state index in [0.29, 0.717) is 11.6 Å². The van der Waals surface area contributed by atoms with Crippen molar-refractivity contribution in [2.75, 3.05) is 5.32 Å². The fourth-order valence-corrected chi connectivity index (χ4v) is 2.66. The van der Waals surface area contributed by atoms with Gasteiger partial charge in [-0.2, -0.15) is 0 Å². The minimum atomic E-state index is -0.617. The lowest BCUT2D eigenvalue weighted by Crippen LogP contribution is -2.30. The Labute approximate surface area is 146 Å². The summed E-state index contributed by atoms with van der Waals surface area (Å²) in [6.45, 7) is 8.17. The molecule has 2 atom stereocenters. The molecule has 0 aromatic heterocycles. The van der Waals surface area contributed by atoms with Crippen molar-refractivity contribution in [3.05, 3.63) is 27.8 Å². The van der Waals surface area contributed by atoms with Crippen LogP contribution in [0, 0.1) is 20.8 Å². The number of halogens is 1. The topological polar surface area (TPSA) is 65.3 Å². The molecule has 1 amide bonds. The molecule has 0 fully saturated rings. The third kappa shape index (κ3) is 6.25. The van der Waals surface area contributed by atoms with E-state index in [2.05, 4.69) is 46.7 Å². The molecule has 5 heteroatoms. The van der Waals surface area contributed by atoms with E-state index in [4.69, 9.17) is 5.41 Å². The summed E-state index contributed by atoms with van der Waals surface area (Å²) in [4.78, 5) is 16.9. The van der Waals surface area contributed by atoms with Crippen molar-refractivity contribution < 1.29 is 4.79 Å². The van der Waals surface area contributed by atoms with Gasteiger partial charge in [-0.05, 0) is 73.0 Å². The molecule has 2 unspecified atom stereocenters. The molecule has 120 valence electrons. The monoisotopic (exact) mass is 413 g/mol. The molecule has 22 heavy (non-hydrogen) atoms. The molecule has 0 heterocycles.